The summed E-state index contributed by atoms with van der Waals surface area (Å²) in [4.78, 5) is 14.0. The molecule has 0 saturated carbocycles. The van der Waals surface area contributed by atoms with Crippen LogP contribution in [0.15, 0.2) is 0 Å². The fourth-order valence-corrected chi connectivity index (χ4v) is 3.78. The third kappa shape index (κ3) is 4.18. The normalized spacial score (nSPS) is 28.6. The molecule has 6 heteroatoms. The first kappa shape index (κ1) is 14.8. The standard InChI is InChI=1S/C13H24N2O3S/c1-19(17,18)9-4-12(16)15-8-3-6-13(11-15)5-2-7-14-10-13/h14H,2-11H2,1H3. The number of sulfone groups is 1. The number of hydrogen-bond donors (Lipinski definition) is 1. The van der Waals surface area contributed by atoms with Crippen LogP contribution >= 0.6 is 0 Å². The van der Waals surface area contributed by atoms with Crippen molar-refractivity contribution in [2.75, 3.05) is 38.2 Å². The van der Waals surface area contributed by atoms with Gasteiger partial charge in [0.05, 0.1) is 5.75 Å². The fraction of sp³-hybridized carbons (Fsp3) is 0.923. The molecular formula is C13H24N2O3S. The maximum atomic E-state index is 12.1. The van der Waals surface area contributed by atoms with E-state index in [4.69, 9.17) is 0 Å². The van der Waals surface area contributed by atoms with E-state index in [2.05, 4.69) is 5.32 Å². The summed E-state index contributed by atoms with van der Waals surface area (Å²) in [5, 5.41) is 3.43. The number of nitrogens with zero attached hydrogens (tertiary/aromatic N) is 1. The summed E-state index contributed by atoms with van der Waals surface area (Å²) in [5.41, 5.74) is 0.233. The molecule has 1 atom stereocenters. The Hall–Kier alpha value is -0.620. The second-order valence-electron chi connectivity index (χ2n) is 6.08. The third-order valence-electron chi connectivity index (χ3n) is 4.26. The van der Waals surface area contributed by atoms with Crippen molar-refractivity contribution in [2.24, 2.45) is 5.41 Å². The highest BCUT2D eigenvalue weighted by Crippen LogP contribution is 2.35. The number of carbonyl (C=O) groups excluding carboxylic acids is 1. The van der Waals surface area contributed by atoms with E-state index in [1.54, 1.807) is 0 Å². The largest absolute Gasteiger partial charge is 0.342 e. The molecule has 110 valence electrons. The Morgan fingerprint density at radius 2 is 2.05 bits per heavy atom. The molecule has 2 fully saturated rings. The minimum absolute atomic E-state index is 0.00456. The Morgan fingerprint density at radius 1 is 1.32 bits per heavy atom. The molecule has 0 aromatic carbocycles. The molecule has 2 heterocycles. The van der Waals surface area contributed by atoms with Gasteiger partial charge in [0.15, 0.2) is 0 Å². The molecule has 1 N–H and O–H groups in total. The molecule has 0 aromatic heterocycles. The molecule has 1 unspecified atom stereocenters. The Labute approximate surface area is 115 Å². The summed E-state index contributed by atoms with van der Waals surface area (Å²) in [5.74, 6) is -0.0387. The summed E-state index contributed by atoms with van der Waals surface area (Å²) in [6.07, 6.45) is 5.87. The second-order valence-corrected chi connectivity index (χ2v) is 8.34. The van der Waals surface area contributed by atoms with E-state index in [0.29, 0.717) is 0 Å². The lowest BCUT2D eigenvalue weighted by molar-refractivity contribution is -0.134. The number of amides is 1. The first-order chi connectivity index (χ1) is 8.90. The van der Waals surface area contributed by atoms with Crippen LogP contribution in [-0.4, -0.2) is 57.4 Å². The van der Waals surface area contributed by atoms with Gasteiger partial charge in [-0.15, -0.1) is 0 Å². The van der Waals surface area contributed by atoms with E-state index in [9.17, 15) is 13.2 Å². The van der Waals surface area contributed by atoms with E-state index in [1.165, 1.54) is 25.5 Å². The van der Waals surface area contributed by atoms with Crippen molar-refractivity contribution in [3.63, 3.8) is 0 Å². The van der Waals surface area contributed by atoms with Gasteiger partial charge in [-0.2, -0.15) is 0 Å². The summed E-state index contributed by atoms with van der Waals surface area (Å²) in [7, 11) is -3.05. The highest BCUT2D eigenvalue weighted by molar-refractivity contribution is 7.90. The molecule has 1 spiro atoms. The number of likely N-dealkylation sites (tertiary alicyclic amines) is 1. The molecule has 0 aliphatic carbocycles. The SMILES string of the molecule is CS(=O)(=O)CCC(=O)N1CCCC2(CCCNC2)C1. The quantitative estimate of drug-likeness (QED) is 0.817. The first-order valence-corrected chi connectivity index (χ1v) is 9.13. The van der Waals surface area contributed by atoms with E-state index in [1.807, 2.05) is 4.90 Å². The number of nitrogens with one attached hydrogen (secondary N) is 1. The molecule has 5 nitrogen and oxygen atoms in total. The monoisotopic (exact) mass is 288 g/mol. The van der Waals surface area contributed by atoms with Gasteiger partial charge in [-0.05, 0) is 32.2 Å². The number of hydrogen-bond acceptors (Lipinski definition) is 4. The number of carbonyl (C=O) groups is 1. The summed E-state index contributed by atoms with van der Waals surface area (Å²) >= 11 is 0. The molecule has 0 bridgehead atoms. The minimum Gasteiger partial charge on any atom is -0.342 e. The highest BCUT2D eigenvalue weighted by atomic mass is 32.2. The Kier molecular flexibility index (Phi) is 4.50. The van der Waals surface area contributed by atoms with Crippen molar-refractivity contribution in [1.82, 2.24) is 10.2 Å². The first-order valence-electron chi connectivity index (χ1n) is 7.07. The highest BCUT2D eigenvalue weighted by Gasteiger charge is 2.37. The summed E-state index contributed by atoms with van der Waals surface area (Å²) in [6, 6.07) is 0. The van der Waals surface area contributed by atoms with Gasteiger partial charge in [0.1, 0.15) is 9.84 Å². The van der Waals surface area contributed by atoms with Crippen molar-refractivity contribution >= 4 is 15.7 Å². The maximum absolute atomic E-state index is 12.1. The molecule has 2 aliphatic heterocycles. The van der Waals surface area contributed by atoms with Crippen LogP contribution in [0, 0.1) is 5.41 Å². The van der Waals surface area contributed by atoms with Crippen LogP contribution in [0.2, 0.25) is 0 Å². The molecule has 0 radical (unpaired) electrons. The Morgan fingerprint density at radius 3 is 2.68 bits per heavy atom. The third-order valence-corrected chi connectivity index (χ3v) is 5.21. The van der Waals surface area contributed by atoms with Crippen molar-refractivity contribution in [3.8, 4) is 0 Å². The number of rotatable bonds is 3. The van der Waals surface area contributed by atoms with Gasteiger partial charge < -0.3 is 10.2 Å². The smallest absolute Gasteiger partial charge is 0.223 e. The van der Waals surface area contributed by atoms with Crippen LogP contribution in [0.5, 0.6) is 0 Å². The lowest BCUT2D eigenvalue weighted by Gasteiger charge is -2.45. The molecule has 2 aliphatic rings. The van der Waals surface area contributed by atoms with Gasteiger partial charge in [-0.3, -0.25) is 4.79 Å². The topological polar surface area (TPSA) is 66.5 Å². The van der Waals surface area contributed by atoms with Crippen LogP contribution < -0.4 is 5.32 Å². The van der Waals surface area contributed by atoms with Crippen molar-refractivity contribution in [1.29, 1.82) is 0 Å². The molecule has 1 amide bonds. The van der Waals surface area contributed by atoms with Crippen LogP contribution in [0.4, 0.5) is 0 Å². The zero-order valence-electron chi connectivity index (χ0n) is 11.7. The van der Waals surface area contributed by atoms with Gasteiger partial charge in [0, 0.05) is 37.7 Å². The second kappa shape index (κ2) is 5.79. The van der Waals surface area contributed by atoms with Crippen LogP contribution in [0.3, 0.4) is 0 Å². The van der Waals surface area contributed by atoms with Gasteiger partial charge in [0.25, 0.3) is 0 Å². The van der Waals surface area contributed by atoms with E-state index < -0.39 is 9.84 Å². The predicted molar refractivity (Wildman–Crippen MR) is 74.7 cm³/mol. The summed E-state index contributed by atoms with van der Waals surface area (Å²) < 4.78 is 22.3. The minimum atomic E-state index is -3.05. The van der Waals surface area contributed by atoms with Gasteiger partial charge >= 0.3 is 0 Å². The van der Waals surface area contributed by atoms with Crippen LogP contribution in [-0.2, 0) is 14.6 Å². The van der Waals surface area contributed by atoms with Crippen LogP contribution in [0.1, 0.15) is 32.1 Å². The van der Waals surface area contributed by atoms with Crippen LogP contribution in [0.25, 0.3) is 0 Å². The van der Waals surface area contributed by atoms with Gasteiger partial charge in [-0.25, -0.2) is 8.42 Å². The van der Waals surface area contributed by atoms with E-state index in [-0.39, 0.29) is 23.5 Å². The zero-order chi connectivity index (χ0) is 13.9. The molecule has 2 rings (SSSR count). The van der Waals surface area contributed by atoms with E-state index in [0.717, 1.165) is 32.6 Å². The average molecular weight is 288 g/mol. The molecular weight excluding hydrogens is 264 g/mol. The lowest BCUT2D eigenvalue weighted by Crippen LogP contribution is -2.52. The van der Waals surface area contributed by atoms with Crippen molar-refractivity contribution in [3.05, 3.63) is 0 Å². The average Bonchev–Trinajstić information content (AvgIpc) is 2.36. The lowest BCUT2D eigenvalue weighted by atomic mass is 9.74. The number of piperidine rings is 2. The zero-order valence-corrected chi connectivity index (χ0v) is 12.5. The van der Waals surface area contributed by atoms with E-state index >= 15 is 0 Å². The van der Waals surface area contributed by atoms with Crippen molar-refractivity contribution < 1.29 is 13.2 Å². The molecule has 19 heavy (non-hydrogen) atoms. The van der Waals surface area contributed by atoms with Gasteiger partial charge in [-0.1, -0.05) is 0 Å². The van der Waals surface area contributed by atoms with Crippen molar-refractivity contribution in [2.45, 2.75) is 32.1 Å². The fourth-order valence-electron chi connectivity index (χ4n) is 3.23. The summed E-state index contributed by atoms with van der Waals surface area (Å²) in [6.45, 7) is 3.64. The Bertz CT molecular complexity index is 422. The predicted octanol–water partition coefficient (Wildman–Crippen LogP) is 0.413. The maximum Gasteiger partial charge on any atom is 0.223 e. The van der Waals surface area contributed by atoms with Gasteiger partial charge in [0.2, 0.25) is 5.91 Å². The molecule has 0 aromatic rings. The molecule has 2 saturated heterocycles. The Balaban J connectivity index is 1.91.